The Hall–Kier alpha value is -3.39. The summed E-state index contributed by atoms with van der Waals surface area (Å²) < 4.78 is 15.2. The van der Waals surface area contributed by atoms with E-state index < -0.39 is 11.8 Å². The van der Waals surface area contributed by atoms with Crippen molar-refractivity contribution < 1.29 is 14.0 Å². The third kappa shape index (κ3) is 7.07. The monoisotopic (exact) mass is 513 g/mol. The first kappa shape index (κ1) is 27.2. The van der Waals surface area contributed by atoms with E-state index in [2.05, 4.69) is 31.4 Å². The summed E-state index contributed by atoms with van der Waals surface area (Å²) >= 11 is 5.83. The van der Waals surface area contributed by atoms with Gasteiger partial charge in [-0.15, -0.1) is 0 Å². The molecule has 192 valence electrons. The number of nitrogens with zero attached hydrogens (tertiary/aromatic N) is 3. The van der Waals surface area contributed by atoms with E-state index in [1.165, 1.54) is 23.1 Å². The van der Waals surface area contributed by atoms with Crippen LogP contribution in [0.25, 0.3) is 5.69 Å². The molecular formula is C27H33ClFN5O2. The third-order valence-electron chi connectivity index (χ3n) is 5.60. The zero-order valence-electron chi connectivity index (χ0n) is 21.4. The molecule has 1 heterocycles. The maximum atomic E-state index is 13.5. The van der Waals surface area contributed by atoms with Crippen LogP contribution in [0.5, 0.6) is 0 Å². The van der Waals surface area contributed by atoms with Crippen LogP contribution in [0.15, 0.2) is 48.5 Å². The Balaban J connectivity index is 1.80. The molecule has 1 aromatic heterocycles. The van der Waals surface area contributed by atoms with Crippen molar-refractivity contribution in [2.24, 2.45) is 0 Å². The van der Waals surface area contributed by atoms with Gasteiger partial charge in [-0.05, 0) is 43.7 Å². The number of amides is 3. The molecule has 0 aliphatic carbocycles. The highest BCUT2D eigenvalue weighted by Crippen LogP contribution is 2.26. The number of nitrogens with one attached hydrogen (secondary N) is 2. The van der Waals surface area contributed by atoms with Crippen LogP contribution in [0, 0.1) is 12.7 Å². The Morgan fingerprint density at radius 2 is 1.78 bits per heavy atom. The summed E-state index contributed by atoms with van der Waals surface area (Å²) in [7, 11) is 0. The average molecular weight is 514 g/mol. The van der Waals surface area contributed by atoms with Crippen molar-refractivity contribution >= 4 is 35.0 Å². The summed E-state index contributed by atoms with van der Waals surface area (Å²) in [5.74, 6) is -0.404. The summed E-state index contributed by atoms with van der Waals surface area (Å²) in [4.78, 5) is 27.5. The van der Waals surface area contributed by atoms with Gasteiger partial charge in [0.15, 0.2) is 0 Å². The predicted molar refractivity (Wildman–Crippen MR) is 143 cm³/mol. The smallest absolute Gasteiger partial charge is 0.315 e. The molecule has 0 aliphatic heterocycles. The number of aromatic nitrogens is 2. The highest BCUT2D eigenvalue weighted by atomic mass is 35.5. The van der Waals surface area contributed by atoms with Crippen LogP contribution in [0.2, 0.25) is 5.02 Å². The SMILES string of the molecule is CCCCN(CC(=O)Nc1cc(C(C)(C)C)nn1-c1ccc(C)cc1)C(=O)Nc1ccc(F)c(Cl)c1. The maximum absolute atomic E-state index is 13.5. The lowest BCUT2D eigenvalue weighted by molar-refractivity contribution is -0.116. The minimum atomic E-state index is -0.573. The lowest BCUT2D eigenvalue weighted by Crippen LogP contribution is -2.41. The minimum Gasteiger partial charge on any atom is -0.315 e. The molecule has 9 heteroatoms. The van der Waals surface area contributed by atoms with Gasteiger partial charge in [0.05, 0.1) is 16.4 Å². The predicted octanol–water partition coefficient (Wildman–Crippen LogP) is 6.54. The molecule has 0 saturated heterocycles. The number of benzene rings is 2. The molecule has 2 aromatic carbocycles. The van der Waals surface area contributed by atoms with Gasteiger partial charge in [0.2, 0.25) is 5.91 Å². The molecule has 0 bridgehead atoms. The Morgan fingerprint density at radius 1 is 1.08 bits per heavy atom. The van der Waals surface area contributed by atoms with Crippen LogP contribution in [-0.4, -0.2) is 39.7 Å². The normalized spacial score (nSPS) is 11.3. The maximum Gasteiger partial charge on any atom is 0.322 e. The summed E-state index contributed by atoms with van der Waals surface area (Å²) in [5.41, 5.74) is 2.89. The Kier molecular flexibility index (Phi) is 8.74. The van der Waals surface area contributed by atoms with Crippen molar-refractivity contribution in [2.45, 2.75) is 52.9 Å². The highest BCUT2D eigenvalue weighted by Gasteiger charge is 2.23. The lowest BCUT2D eigenvalue weighted by atomic mass is 9.92. The number of halogens is 2. The van der Waals surface area contributed by atoms with Gasteiger partial charge in [0.25, 0.3) is 0 Å². The number of hydrogen-bond donors (Lipinski definition) is 2. The van der Waals surface area contributed by atoms with E-state index in [1.54, 1.807) is 4.68 Å². The van der Waals surface area contributed by atoms with Gasteiger partial charge in [-0.2, -0.15) is 5.10 Å². The molecule has 0 aliphatic rings. The van der Waals surface area contributed by atoms with Crippen molar-refractivity contribution in [2.75, 3.05) is 23.7 Å². The zero-order chi connectivity index (χ0) is 26.5. The molecule has 2 N–H and O–H groups in total. The van der Waals surface area contributed by atoms with Gasteiger partial charge in [0.1, 0.15) is 18.2 Å². The first-order valence-electron chi connectivity index (χ1n) is 12.0. The molecule has 0 atom stereocenters. The van der Waals surface area contributed by atoms with E-state index in [1.807, 2.05) is 44.2 Å². The molecule has 3 aromatic rings. The van der Waals surface area contributed by atoms with Gasteiger partial charge in [-0.25, -0.2) is 13.9 Å². The van der Waals surface area contributed by atoms with Crippen molar-refractivity contribution in [3.05, 3.63) is 70.6 Å². The number of anilines is 2. The van der Waals surface area contributed by atoms with Crippen LogP contribution in [0.1, 0.15) is 51.8 Å². The minimum absolute atomic E-state index is 0.0929. The standard InChI is InChI=1S/C27H33ClFN5O2/c1-6-7-14-33(26(36)30-19-10-13-22(29)21(28)15-19)17-25(35)31-24-16-23(27(3,4)5)32-34(24)20-11-8-18(2)9-12-20/h8-13,15-16H,6-7,14,17H2,1-5H3,(H,30,36)(H,31,35). The number of carbonyl (C=O) groups excluding carboxylic acids is 2. The van der Waals surface area contributed by atoms with Gasteiger partial charge in [-0.1, -0.05) is 63.4 Å². The van der Waals surface area contributed by atoms with Crippen molar-refractivity contribution in [1.29, 1.82) is 0 Å². The Bertz CT molecular complexity index is 1220. The van der Waals surface area contributed by atoms with Gasteiger partial charge >= 0.3 is 6.03 Å². The van der Waals surface area contributed by atoms with Crippen LogP contribution >= 0.6 is 11.6 Å². The molecule has 36 heavy (non-hydrogen) atoms. The number of rotatable bonds is 8. The second kappa shape index (κ2) is 11.6. The van der Waals surface area contributed by atoms with Crippen LogP contribution in [-0.2, 0) is 10.2 Å². The molecule has 0 unspecified atom stereocenters. The second-order valence-corrected chi connectivity index (χ2v) is 10.2. The number of aryl methyl sites for hydroxylation is 1. The number of carbonyl (C=O) groups is 2. The summed E-state index contributed by atoms with van der Waals surface area (Å²) in [5, 5.41) is 10.3. The molecule has 0 fully saturated rings. The quantitative estimate of drug-likeness (QED) is 0.358. The molecule has 3 amide bonds. The van der Waals surface area contributed by atoms with E-state index in [0.29, 0.717) is 18.1 Å². The first-order chi connectivity index (χ1) is 17.0. The highest BCUT2D eigenvalue weighted by molar-refractivity contribution is 6.31. The summed E-state index contributed by atoms with van der Waals surface area (Å²) in [6, 6.07) is 13.2. The number of unbranched alkanes of at least 4 members (excludes halogenated alkanes) is 1. The van der Waals surface area contributed by atoms with E-state index in [-0.39, 0.29) is 22.9 Å². The zero-order valence-corrected chi connectivity index (χ0v) is 22.1. The van der Waals surface area contributed by atoms with E-state index in [9.17, 15) is 14.0 Å². The van der Waals surface area contributed by atoms with Gasteiger partial charge in [0, 0.05) is 23.7 Å². The van der Waals surface area contributed by atoms with E-state index >= 15 is 0 Å². The molecule has 0 saturated carbocycles. The molecule has 7 nitrogen and oxygen atoms in total. The molecule has 0 radical (unpaired) electrons. The first-order valence-corrected chi connectivity index (χ1v) is 12.3. The third-order valence-corrected chi connectivity index (χ3v) is 5.89. The molecule has 0 spiro atoms. The van der Waals surface area contributed by atoms with Crippen molar-refractivity contribution in [1.82, 2.24) is 14.7 Å². The summed E-state index contributed by atoms with van der Waals surface area (Å²) in [6.07, 6.45) is 1.57. The Morgan fingerprint density at radius 3 is 2.39 bits per heavy atom. The number of hydrogen-bond acceptors (Lipinski definition) is 3. The fourth-order valence-corrected chi connectivity index (χ4v) is 3.63. The van der Waals surface area contributed by atoms with E-state index in [4.69, 9.17) is 16.7 Å². The summed E-state index contributed by atoms with van der Waals surface area (Å²) in [6.45, 7) is 10.4. The van der Waals surface area contributed by atoms with Gasteiger partial charge in [-0.3, -0.25) is 4.79 Å². The fourth-order valence-electron chi connectivity index (χ4n) is 3.45. The Labute approximate surface area is 216 Å². The van der Waals surface area contributed by atoms with E-state index in [0.717, 1.165) is 29.8 Å². The molecular weight excluding hydrogens is 481 g/mol. The molecule has 3 rings (SSSR count). The van der Waals surface area contributed by atoms with Crippen LogP contribution in [0.3, 0.4) is 0 Å². The van der Waals surface area contributed by atoms with Crippen LogP contribution in [0.4, 0.5) is 20.7 Å². The fraction of sp³-hybridized carbons (Fsp3) is 0.370. The van der Waals surface area contributed by atoms with Gasteiger partial charge < -0.3 is 15.5 Å². The van der Waals surface area contributed by atoms with Crippen molar-refractivity contribution in [3.8, 4) is 5.69 Å². The van der Waals surface area contributed by atoms with Crippen molar-refractivity contribution in [3.63, 3.8) is 0 Å². The second-order valence-electron chi connectivity index (χ2n) is 9.79. The largest absolute Gasteiger partial charge is 0.322 e. The van der Waals surface area contributed by atoms with Crippen LogP contribution < -0.4 is 10.6 Å². The topological polar surface area (TPSA) is 79.3 Å². The number of urea groups is 1. The lowest BCUT2D eigenvalue weighted by Gasteiger charge is -2.22. The average Bonchev–Trinajstić information content (AvgIpc) is 3.23.